The largest absolute Gasteiger partial charge is 0.475 e. The van der Waals surface area contributed by atoms with Crippen molar-refractivity contribution >= 4 is 11.7 Å². The Morgan fingerprint density at radius 3 is 2.60 bits per heavy atom. The minimum Gasteiger partial charge on any atom is -0.475 e. The van der Waals surface area contributed by atoms with Crippen LogP contribution in [0.4, 0.5) is 5.69 Å². The highest BCUT2D eigenvalue weighted by Crippen LogP contribution is 2.29. The van der Waals surface area contributed by atoms with Gasteiger partial charge in [0.15, 0.2) is 0 Å². The van der Waals surface area contributed by atoms with Crippen LogP contribution in [0.25, 0.3) is 0 Å². The van der Waals surface area contributed by atoms with Gasteiger partial charge in [-0.2, -0.15) is 0 Å². The second-order valence-electron chi connectivity index (χ2n) is 5.73. The first-order chi connectivity index (χ1) is 9.39. The molecular formula is C16H19NO3. The smallest absolute Gasteiger partial charge is 0.372 e. The van der Waals surface area contributed by atoms with Crippen molar-refractivity contribution in [3.05, 3.63) is 53.5 Å². The highest BCUT2D eigenvalue weighted by molar-refractivity contribution is 5.86. The van der Waals surface area contributed by atoms with E-state index in [4.69, 9.17) is 9.52 Å². The van der Waals surface area contributed by atoms with Gasteiger partial charge in [-0.25, -0.2) is 4.79 Å². The van der Waals surface area contributed by atoms with Crippen molar-refractivity contribution < 1.29 is 14.3 Å². The minimum absolute atomic E-state index is 0.00857. The number of nitrogens with one attached hydrogen (secondary N) is 1. The van der Waals surface area contributed by atoms with Crippen molar-refractivity contribution in [1.29, 1.82) is 0 Å². The van der Waals surface area contributed by atoms with Gasteiger partial charge in [0.2, 0.25) is 5.76 Å². The number of rotatable bonds is 4. The Morgan fingerprint density at radius 2 is 1.95 bits per heavy atom. The second kappa shape index (κ2) is 5.41. The first-order valence-electron chi connectivity index (χ1n) is 6.52. The molecule has 106 valence electrons. The van der Waals surface area contributed by atoms with Gasteiger partial charge in [0.1, 0.15) is 0 Å². The molecule has 0 atom stereocenters. The maximum Gasteiger partial charge on any atom is 0.372 e. The summed E-state index contributed by atoms with van der Waals surface area (Å²) in [6, 6.07) is 9.73. The van der Waals surface area contributed by atoms with Crippen LogP contribution in [0, 0.1) is 0 Å². The normalized spacial score (nSPS) is 11.3. The average molecular weight is 273 g/mol. The summed E-state index contributed by atoms with van der Waals surface area (Å²) in [5.41, 5.74) is 2.87. The number of hydrogen-bond acceptors (Lipinski definition) is 3. The third-order valence-corrected chi connectivity index (χ3v) is 3.15. The molecule has 1 aromatic carbocycles. The number of carboxylic acids is 1. The number of para-hydroxylation sites is 1. The minimum atomic E-state index is -1.05. The van der Waals surface area contributed by atoms with Crippen LogP contribution in [0.3, 0.4) is 0 Å². The first-order valence-corrected chi connectivity index (χ1v) is 6.52. The van der Waals surface area contributed by atoms with E-state index in [1.807, 2.05) is 18.2 Å². The van der Waals surface area contributed by atoms with E-state index in [-0.39, 0.29) is 11.2 Å². The lowest BCUT2D eigenvalue weighted by Crippen LogP contribution is -2.15. The van der Waals surface area contributed by atoms with E-state index in [1.54, 1.807) is 6.07 Å². The lowest BCUT2D eigenvalue weighted by Gasteiger charge is -2.23. The zero-order valence-electron chi connectivity index (χ0n) is 11.9. The average Bonchev–Trinajstić information content (AvgIpc) is 2.84. The summed E-state index contributed by atoms with van der Waals surface area (Å²) in [7, 11) is 0. The topological polar surface area (TPSA) is 62.5 Å². The summed E-state index contributed by atoms with van der Waals surface area (Å²) in [4.78, 5) is 11.0. The van der Waals surface area contributed by atoms with Gasteiger partial charge in [0, 0.05) is 17.8 Å². The lowest BCUT2D eigenvalue weighted by atomic mass is 9.86. The number of furan rings is 1. The molecule has 1 aromatic heterocycles. The summed E-state index contributed by atoms with van der Waals surface area (Å²) in [6.45, 7) is 6.86. The molecule has 0 aliphatic heterocycles. The molecule has 1 heterocycles. The molecule has 20 heavy (non-hydrogen) atoms. The molecular weight excluding hydrogens is 254 g/mol. The maximum absolute atomic E-state index is 11.0. The Balaban J connectivity index is 2.20. The van der Waals surface area contributed by atoms with Gasteiger partial charge >= 0.3 is 5.97 Å². The third-order valence-electron chi connectivity index (χ3n) is 3.15. The van der Waals surface area contributed by atoms with E-state index < -0.39 is 5.97 Å². The highest BCUT2D eigenvalue weighted by Gasteiger charge is 2.18. The number of anilines is 1. The van der Waals surface area contributed by atoms with Crippen molar-refractivity contribution in [3.63, 3.8) is 0 Å². The van der Waals surface area contributed by atoms with E-state index >= 15 is 0 Å². The van der Waals surface area contributed by atoms with Gasteiger partial charge in [-0.15, -0.1) is 0 Å². The van der Waals surface area contributed by atoms with E-state index in [0.29, 0.717) is 12.1 Å². The lowest BCUT2D eigenvalue weighted by molar-refractivity contribution is 0.0661. The van der Waals surface area contributed by atoms with Crippen molar-refractivity contribution in [2.75, 3.05) is 5.32 Å². The SMILES string of the molecule is CC(C)(C)c1ccccc1NCc1ccoc1C(=O)O. The van der Waals surface area contributed by atoms with Crippen LogP contribution in [-0.4, -0.2) is 11.1 Å². The van der Waals surface area contributed by atoms with Crippen LogP contribution in [0.2, 0.25) is 0 Å². The predicted octanol–water partition coefficient (Wildman–Crippen LogP) is 3.89. The molecule has 0 aliphatic rings. The number of carbonyl (C=O) groups is 1. The van der Waals surface area contributed by atoms with Gasteiger partial charge in [-0.3, -0.25) is 0 Å². The van der Waals surface area contributed by atoms with Crippen LogP contribution in [0.5, 0.6) is 0 Å². The maximum atomic E-state index is 11.0. The van der Waals surface area contributed by atoms with E-state index in [9.17, 15) is 4.79 Å². The number of aromatic carboxylic acids is 1. The van der Waals surface area contributed by atoms with Crippen LogP contribution >= 0.6 is 0 Å². The predicted molar refractivity (Wildman–Crippen MR) is 78.1 cm³/mol. The molecule has 0 unspecified atom stereocenters. The second-order valence-corrected chi connectivity index (χ2v) is 5.73. The molecule has 0 amide bonds. The number of hydrogen-bond donors (Lipinski definition) is 2. The van der Waals surface area contributed by atoms with Gasteiger partial charge < -0.3 is 14.8 Å². The molecule has 0 aliphatic carbocycles. The molecule has 2 N–H and O–H groups in total. The molecule has 2 rings (SSSR count). The Kier molecular flexibility index (Phi) is 3.84. The van der Waals surface area contributed by atoms with E-state index in [1.165, 1.54) is 11.8 Å². The van der Waals surface area contributed by atoms with Crippen molar-refractivity contribution in [1.82, 2.24) is 0 Å². The summed E-state index contributed by atoms with van der Waals surface area (Å²) >= 11 is 0. The van der Waals surface area contributed by atoms with Gasteiger partial charge in [-0.05, 0) is 23.1 Å². The van der Waals surface area contributed by atoms with Crippen molar-refractivity contribution in [3.8, 4) is 0 Å². The molecule has 0 saturated carbocycles. The Morgan fingerprint density at radius 1 is 1.25 bits per heavy atom. The molecule has 4 heteroatoms. The summed E-state index contributed by atoms with van der Waals surface area (Å²) in [5.74, 6) is -1.05. The zero-order chi connectivity index (χ0) is 14.8. The molecule has 0 saturated heterocycles. The fourth-order valence-electron chi connectivity index (χ4n) is 2.14. The fraction of sp³-hybridized carbons (Fsp3) is 0.312. The molecule has 0 spiro atoms. The Bertz CT molecular complexity index is 608. The Hall–Kier alpha value is -2.23. The number of benzene rings is 1. The molecule has 0 radical (unpaired) electrons. The molecule has 0 fully saturated rings. The summed E-state index contributed by atoms with van der Waals surface area (Å²) in [5, 5.41) is 12.3. The molecule has 4 nitrogen and oxygen atoms in total. The van der Waals surface area contributed by atoms with Gasteiger partial charge in [0.25, 0.3) is 0 Å². The summed E-state index contributed by atoms with van der Waals surface area (Å²) in [6.07, 6.45) is 1.40. The Labute approximate surface area is 118 Å². The molecule has 2 aromatic rings. The first kappa shape index (κ1) is 14.2. The summed E-state index contributed by atoms with van der Waals surface area (Å²) < 4.78 is 4.97. The quantitative estimate of drug-likeness (QED) is 0.887. The standard InChI is InChI=1S/C16H19NO3/c1-16(2,3)12-6-4-5-7-13(12)17-10-11-8-9-20-14(11)15(18)19/h4-9,17H,10H2,1-3H3,(H,18,19). The van der Waals surface area contributed by atoms with E-state index in [0.717, 1.165) is 5.69 Å². The fourth-order valence-corrected chi connectivity index (χ4v) is 2.14. The van der Waals surface area contributed by atoms with Crippen molar-refractivity contribution in [2.24, 2.45) is 0 Å². The monoisotopic (exact) mass is 273 g/mol. The highest BCUT2D eigenvalue weighted by atomic mass is 16.4. The van der Waals surface area contributed by atoms with E-state index in [2.05, 4.69) is 32.2 Å². The van der Waals surface area contributed by atoms with Crippen LogP contribution in [0.15, 0.2) is 41.0 Å². The van der Waals surface area contributed by atoms with Crippen LogP contribution in [0.1, 0.15) is 42.5 Å². The van der Waals surface area contributed by atoms with Crippen molar-refractivity contribution in [2.45, 2.75) is 32.7 Å². The van der Waals surface area contributed by atoms with Crippen LogP contribution in [-0.2, 0) is 12.0 Å². The van der Waals surface area contributed by atoms with Gasteiger partial charge in [0.05, 0.1) is 6.26 Å². The third kappa shape index (κ3) is 3.02. The number of carboxylic acid groups (broad SMARTS) is 1. The van der Waals surface area contributed by atoms with Gasteiger partial charge in [-0.1, -0.05) is 39.0 Å². The zero-order valence-corrected chi connectivity index (χ0v) is 11.9. The van der Waals surface area contributed by atoms with Crippen LogP contribution < -0.4 is 5.32 Å². The molecule has 0 bridgehead atoms.